The first kappa shape index (κ1) is 50.5. The van der Waals surface area contributed by atoms with Gasteiger partial charge in [-0.25, -0.2) is 15.0 Å². The van der Waals surface area contributed by atoms with E-state index in [1.165, 1.54) is 49.4 Å². The minimum absolute atomic E-state index is 0.0224. The van der Waals surface area contributed by atoms with E-state index in [0.717, 1.165) is 61.3 Å². The van der Waals surface area contributed by atoms with E-state index >= 15 is 0 Å². The van der Waals surface area contributed by atoms with Crippen molar-refractivity contribution in [3.05, 3.63) is 192 Å². The predicted molar refractivity (Wildman–Crippen MR) is 322 cm³/mol. The highest BCUT2D eigenvalue weighted by molar-refractivity contribution is 6.11. The molecule has 6 heteroatoms. The number of hydrogen-bond donors (Lipinski definition) is 0. The molecule has 0 aliphatic heterocycles. The van der Waals surface area contributed by atoms with Crippen molar-refractivity contribution in [2.45, 2.75) is 131 Å². The molecule has 0 N–H and O–H groups in total. The molecule has 7 aromatic carbocycles. The molecule has 0 aliphatic rings. The first-order chi connectivity index (χ1) is 35.8. The highest BCUT2D eigenvalue weighted by atomic mass is 15.0. The lowest BCUT2D eigenvalue weighted by Gasteiger charge is -2.26. The van der Waals surface area contributed by atoms with Crippen LogP contribution >= 0.6 is 0 Å². The van der Waals surface area contributed by atoms with E-state index in [4.69, 9.17) is 19.9 Å². The van der Waals surface area contributed by atoms with E-state index in [0.29, 0.717) is 17.5 Å². The number of para-hydroxylation sites is 3. The van der Waals surface area contributed by atoms with E-state index in [1.54, 1.807) is 0 Å². The van der Waals surface area contributed by atoms with Crippen LogP contribution in [0.15, 0.2) is 164 Å². The lowest BCUT2D eigenvalue weighted by Crippen LogP contribution is -2.17. The Morgan fingerprint density at radius 2 is 0.697 bits per heavy atom. The van der Waals surface area contributed by atoms with Gasteiger partial charge in [0.2, 0.25) is 0 Å². The van der Waals surface area contributed by atoms with E-state index in [-0.39, 0.29) is 27.1 Å². The van der Waals surface area contributed by atoms with Crippen molar-refractivity contribution in [2.24, 2.45) is 0 Å². The summed E-state index contributed by atoms with van der Waals surface area (Å²) < 4.78 is 4.84. The lowest BCUT2D eigenvalue weighted by molar-refractivity contribution is 0.568. The first-order valence-corrected chi connectivity index (χ1v) is 27.0. The first-order valence-electron chi connectivity index (χ1n) is 27.0. The molecule has 382 valence electrons. The van der Waals surface area contributed by atoms with Gasteiger partial charge >= 0.3 is 0 Å². The zero-order valence-corrected chi connectivity index (χ0v) is 47.3. The summed E-state index contributed by atoms with van der Waals surface area (Å²) in [6, 6.07) is 56.1. The highest BCUT2D eigenvalue weighted by Gasteiger charge is 2.27. The molecule has 0 spiro atoms. The monoisotopic (exact) mass is 997 g/mol. The van der Waals surface area contributed by atoms with Gasteiger partial charge in [0.15, 0.2) is 17.5 Å². The Morgan fingerprint density at radius 3 is 1.14 bits per heavy atom. The predicted octanol–water partition coefficient (Wildman–Crippen LogP) is 18.6. The zero-order chi connectivity index (χ0) is 53.9. The maximum Gasteiger partial charge on any atom is 0.164 e. The fraction of sp³-hybridized carbons (Fsp3) is 0.286. The van der Waals surface area contributed by atoms with Gasteiger partial charge in [0.25, 0.3) is 0 Å². The molecule has 11 aromatic rings. The maximum absolute atomic E-state index is 5.56. The summed E-state index contributed by atoms with van der Waals surface area (Å²) in [5.41, 5.74) is 17.2. The molecule has 0 unspecified atom stereocenters. The van der Waals surface area contributed by atoms with Gasteiger partial charge in [-0.2, -0.15) is 0 Å². The maximum atomic E-state index is 5.56. The van der Waals surface area contributed by atoms with Crippen molar-refractivity contribution < 1.29 is 0 Å². The summed E-state index contributed by atoms with van der Waals surface area (Å²) in [5.74, 6) is 1.90. The minimum Gasteiger partial charge on any atom is -0.309 e. The molecule has 0 saturated carbocycles. The van der Waals surface area contributed by atoms with Crippen LogP contribution in [0.1, 0.15) is 132 Å². The normalized spacial score (nSPS) is 12.9. The van der Waals surface area contributed by atoms with Crippen LogP contribution in [-0.2, 0) is 27.1 Å². The van der Waals surface area contributed by atoms with E-state index < -0.39 is 0 Å². The molecule has 0 atom stereocenters. The molecule has 0 bridgehead atoms. The van der Waals surface area contributed by atoms with Crippen LogP contribution in [0.2, 0.25) is 0 Å². The topological polar surface area (TPSA) is 61.4 Å². The van der Waals surface area contributed by atoms with E-state index in [1.807, 2.05) is 12.4 Å². The standard InChI is InChI=1S/C70H72N6/c1-66(2,3)46-29-31-61-56(41-46)53-24-18-21-27-59(53)75(61)60-30-28-43(38-55(60)54-32-33-71-42-62(54)76-57-25-19-16-22-51(57)52-23-17-20-26-58(52)76)63-72-64(44-34-47(67(4,5)6)39-48(35-44)68(7,8)9)74-65(73-63)45-36-49(69(10,11)12)40-50(37-45)70(13,14)15/h16-42H,1-15H3. The third-order valence-corrected chi connectivity index (χ3v) is 15.4. The Bertz CT molecular complexity index is 3860. The molecule has 4 aromatic heterocycles. The Morgan fingerprint density at radius 1 is 0.303 bits per heavy atom. The fourth-order valence-electron chi connectivity index (χ4n) is 10.8. The second kappa shape index (κ2) is 18.0. The average molecular weight is 997 g/mol. The van der Waals surface area contributed by atoms with E-state index in [9.17, 15) is 0 Å². The SMILES string of the molecule is CC(C)(C)c1cc(-c2nc(-c3cc(C(C)(C)C)cc(C(C)(C)C)c3)nc(-c3ccc(-n4c5ccccc5c5cc(C(C)(C)C)ccc54)c(-c4ccncc4-n4c5ccccc5c5ccccc54)c3)n2)cc(C(C)(C)C)c1. The Kier molecular flexibility index (Phi) is 11.9. The van der Waals surface area contributed by atoms with Crippen LogP contribution in [0.5, 0.6) is 0 Å². The number of aromatic nitrogens is 6. The van der Waals surface area contributed by atoms with Crippen LogP contribution in [0.4, 0.5) is 0 Å². The summed E-state index contributed by atoms with van der Waals surface area (Å²) >= 11 is 0. The second-order valence-electron chi connectivity index (χ2n) is 26.2. The van der Waals surface area contributed by atoms with Crippen molar-refractivity contribution in [3.8, 4) is 56.7 Å². The Labute approximate surface area is 450 Å². The van der Waals surface area contributed by atoms with Crippen LogP contribution in [0.25, 0.3) is 100 Å². The molecular formula is C70H72N6. The summed E-state index contributed by atoms with van der Waals surface area (Å²) in [4.78, 5) is 21.5. The second-order valence-corrected chi connectivity index (χ2v) is 26.2. The molecule has 11 rings (SSSR count). The minimum atomic E-state index is -0.109. The molecule has 0 aliphatic carbocycles. The van der Waals surface area contributed by atoms with Gasteiger partial charge < -0.3 is 9.13 Å². The third kappa shape index (κ3) is 9.10. The van der Waals surface area contributed by atoms with Crippen molar-refractivity contribution in [1.82, 2.24) is 29.1 Å². The van der Waals surface area contributed by atoms with Crippen molar-refractivity contribution in [1.29, 1.82) is 0 Å². The lowest BCUT2D eigenvalue weighted by atomic mass is 9.79. The Balaban J connectivity index is 1.24. The summed E-state index contributed by atoms with van der Waals surface area (Å²) in [5, 5.41) is 4.82. The highest BCUT2D eigenvalue weighted by Crippen LogP contribution is 2.44. The van der Waals surface area contributed by atoms with Gasteiger partial charge in [-0.15, -0.1) is 0 Å². The van der Waals surface area contributed by atoms with Gasteiger partial charge in [0.1, 0.15) is 0 Å². The quantitative estimate of drug-likeness (QED) is 0.167. The van der Waals surface area contributed by atoms with Crippen molar-refractivity contribution >= 4 is 43.6 Å². The number of benzene rings is 7. The summed E-state index contributed by atoms with van der Waals surface area (Å²) in [6.07, 6.45) is 3.95. The molecule has 0 saturated heterocycles. The Hall–Kier alpha value is -7.70. The van der Waals surface area contributed by atoms with Gasteiger partial charge in [0, 0.05) is 55.6 Å². The van der Waals surface area contributed by atoms with Gasteiger partial charge in [0.05, 0.1) is 39.6 Å². The largest absolute Gasteiger partial charge is 0.309 e. The molecular weight excluding hydrogens is 925 g/mol. The number of nitrogens with zero attached hydrogens (tertiary/aromatic N) is 6. The zero-order valence-electron chi connectivity index (χ0n) is 47.3. The molecule has 4 heterocycles. The number of pyridine rings is 1. The number of fused-ring (bicyclic) bond motifs is 6. The molecule has 6 nitrogen and oxygen atoms in total. The summed E-state index contributed by atoms with van der Waals surface area (Å²) in [6.45, 7) is 34.3. The third-order valence-electron chi connectivity index (χ3n) is 15.4. The molecule has 0 radical (unpaired) electrons. The van der Waals surface area contributed by atoms with Gasteiger partial charge in [-0.3, -0.25) is 4.98 Å². The average Bonchev–Trinajstić information content (AvgIpc) is 3.90. The fourth-order valence-corrected chi connectivity index (χ4v) is 10.8. The number of hydrogen-bond acceptors (Lipinski definition) is 4. The van der Waals surface area contributed by atoms with Crippen LogP contribution < -0.4 is 0 Å². The summed E-state index contributed by atoms with van der Waals surface area (Å²) in [7, 11) is 0. The molecule has 0 amide bonds. The van der Waals surface area contributed by atoms with E-state index in [2.05, 4.69) is 265 Å². The van der Waals surface area contributed by atoms with Gasteiger partial charge in [-0.05, 0) is 134 Å². The smallest absolute Gasteiger partial charge is 0.164 e. The molecule has 0 fully saturated rings. The molecule has 76 heavy (non-hydrogen) atoms. The van der Waals surface area contributed by atoms with Gasteiger partial charge in [-0.1, -0.05) is 177 Å². The number of rotatable bonds is 6. The van der Waals surface area contributed by atoms with Crippen LogP contribution in [-0.4, -0.2) is 29.1 Å². The van der Waals surface area contributed by atoms with Crippen LogP contribution in [0.3, 0.4) is 0 Å². The van der Waals surface area contributed by atoms with Crippen molar-refractivity contribution in [2.75, 3.05) is 0 Å². The van der Waals surface area contributed by atoms with Crippen LogP contribution in [0, 0.1) is 0 Å². The van der Waals surface area contributed by atoms with Crippen molar-refractivity contribution in [3.63, 3.8) is 0 Å².